The standard InChI is InChI=1S/C17H22IN5O2S/c1-2-25-17(24)12-4-3-8-21(10-12)23(13-5-6-13)16-14-7-9-22(26-18)15(14)19-11-20-16/h7,9,11-13H,2-6,8,10H2,1H3. The summed E-state index contributed by atoms with van der Waals surface area (Å²) in [4.78, 5) is 21.3. The number of nitrogens with zero attached hydrogens (tertiary/aromatic N) is 5. The maximum Gasteiger partial charge on any atom is 0.310 e. The number of hydrazine groups is 1. The zero-order chi connectivity index (χ0) is 18.1. The Bertz CT molecular complexity index is 797. The smallest absolute Gasteiger partial charge is 0.310 e. The van der Waals surface area contributed by atoms with Crippen LogP contribution in [0.5, 0.6) is 0 Å². The molecule has 0 amide bonds. The highest BCUT2D eigenvalue weighted by Crippen LogP contribution is 2.38. The number of halogens is 1. The highest BCUT2D eigenvalue weighted by Gasteiger charge is 2.38. The highest BCUT2D eigenvalue weighted by atomic mass is 127. The Morgan fingerprint density at radius 2 is 2.27 bits per heavy atom. The predicted octanol–water partition coefficient (Wildman–Crippen LogP) is 3.44. The fourth-order valence-electron chi connectivity index (χ4n) is 3.62. The largest absolute Gasteiger partial charge is 0.466 e. The lowest BCUT2D eigenvalue weighted by Gasteiger charge is -2.40. The predicted molar refractivity (Wildman–Crippen MR) is 111 cm³/mol. The van der Waals surface area contributed by atoms with Crippen molar-refractivity contribution in [3.8, 4) is 0 Å². The summed E-state index contributed by atoms with van der Waals surface area (Å²) in [5.74, 6) is 0.816. The van der Waals surface area contributed by atoms with Crippen LogP contribution >= 0.6 is 30.3 Å². The molecule has 0 radical (unpaired) electrons. The molecule has 1 unspecified atom stereocenters. The van der Waals surface area contributed by atoms with E-state index in [1.165, 1.54) is 0 Å². The third kappa shape index (κ3) is 3.53. The van der Waals surface area contributed by atoms with E-state index in [0.717, 1.165) is 49.1 Å². The first kappa shape index (κ1) is 18.3. The first-order valence-corrected chi connectivity index (χ1v) is 12.4. The number of carbonyl (C=O) groups excluding carboxylic acids is 1. The molecule has 0 spiro atoms. The number of esters is 1. The molecular weight excluding hydrogens is 465 g/mol. The molecule has 1 saturated heterocycles. The second kappa shape index (κ2) is 7.89. The van der Waals surface area contributed by atoms with Crippen LogP contribution in [0, 0.1) is 5.92 Å². The van der Waals surface area contributed by atoms with Crippen LogP contribution in [0.1, 0.15) is 32.6 Å². The van der Waals surface area contributed by atoms with Gasteiger partial charge in [0.1, 0.15) is 6.33 Å². The summed E-state index contributed by atoms with van der Waals surface area (Å²) in [7, 11) is 1.60. The van der Waals surface area contributed by atoms with E-state index in [1.807, 2.05) is 17.1 Å². The van der Waals surface area contributed by atoms with E-state index in [4.69, 9.17) is 4.74 Å². The lowest BCUT2D eigenvalue weighted by atomic mass is 9.99. The zero-order valence-electron chi connectivity index (χ0n) is 14.7. The molecule has 1 aliphatic heterocycles. The van der Waals surface area contributed by atoms with Gasteiger partial charge in [-0.1, -0.05) is 0 Å². The fourth-order valence-corrected chi connectivity index (χ4v) is 4.89. The van der Waals surface area contributed by atoms with Crippen LogP contribution in [-0.2, 0) is 9.53 Å². The van der Waals surface area contributed by atoms with Gasteiger partial charge in [-0.05, 0) is 38.7 Å². The molecule has 7 nitrogen and oxygen atoms in total. The second-order valence-corrected chi connectivity index (χ2v) is 8.44. The minimum Gasteiger partial charge on any atom is -0.466 e. The minimum absolute atomic E-state index is 0.0585. The van der Waals surface area contributed by atoms with Crippen LogP contribution in [0.25, 0.3) is 11.0 Å². The van der Waals surface area contributed by atoms with Crippen LogP contribution < -0.4 is 5.01 Å². The topological polar surface area (TPSA) is 63.5 Å². The summed E-state index contributed by atoms with van der Waals surface area (Å²) >= 11 is 2.26. The van der Waals surface area contributed by atoms with Gasteiger partial charge in [0.2, 0.25) is 0 Å². The summed E-state index contributed by atoms with van der Waals surface area (Å²) in [5, 5.41) is 5.68. The van der Waals surface area contributed by atoms with Crippen LogP contribution in [-0.4, -0.2) is 50.7 Å². The average Bonchev–Trinajstić information content (AvgIpc) is 3.40. The zero-order valence-corrected chi connectivity index (χ0v) is 17.6. The summed E-state index contributed by atoms with van der Waals surface area (Å²) < 4.78 is 7.31. The van der Waals surface area contributed by atoms with Gasteiger partial charge in [0, 0.05) is 55.7 Å². The van der Waals surface area contributed by atoms with Gasteiger partial charge in [0.25, 0.3) is 0 Å². The van der Waals surface area contributed by atoms with Gasteiger partial charge >= 0.3 is 5.97 Å². The summed E-state index contributed by atoms with van der Waals surface area (Å²) in [6.45, 7) is 3.94. The van der Waals surface area contributed by atoms with Crippen molar-refractivity contribution in [1.82, 2.24) is 18.9 Å². The van der Waals surface area contributed by atoms with Crippen LogP contribution in [0.4, 0.5) is 5.82 Å². The van der Waals surface area contributed by atoms with Crippen LogP contribution in [0.2, 0.25) is 0 Å². The molecule has 4 rings (SSSR count). The van der Waals surface area contributed by atoms with Gasteiger partial charge in [0.15, 0.2) is 11.5 Å². The third-order valence-electron chi connectivity index (χ3n) is 4.94. The van der Waals surface area contributed by atoms with E-state index in [2.05, 4.69) is 47.3 Å². The van der Waals surface area contributed by atoms with Crippen molar-refractivity contribution in [2.75, 3.05) is 24.7 Å². The van der Waals surface area contributed by atoms with Crippen LogP contribution in [0.15, 0.2) is 18.6 Å². The van der Waals surface area contributed by atoms with Gasteiger partial charge in [-0.25, -0.2) is 15.0 Å². The number of piperidine rings is 1. The molecule has 2 aromatic rings. The van der Waals surface area contributed by atoms with Gasteiger partial charge < -0.3 is 4.74 Å². The summed E-state index contributed by atoms with van der Waals surface area (Å²) in [5.41, 5.74) is 0.930. The summed E-state index contributed by atoms with van der Waals surface area (Å²) in [6.07, 6.45) is 7.88. The van der Waals surface area contributed by atoms with Crippen molar-refractivity contribution in [3.63, 3.8) is 0 Å². The number of anilines is 1. The fraction of sp³-hybridized carbons (Fsp3) is 0.588. The third-order valence-corrected chi connectivity index (χ3v) is 6.65. The molecule has 1 saturated carbocycles. The average molecular weight is 487 g/mol. The quantitative estimate of drug-likeness (QED) is 0.457. The normalized spacial score (nSPS) is 21.1. The number of aromatic nitrogens is 3. The number of fused-ring (bicyclic) bond motifs is 1. The molecule has 0 bridgehead atoms. The Labute approximate surface area is 169 Å². The molecule has 3 heterocycles. The molecule has 2 aliphatic rings. The Morgan fingerprint density at radius 1 is 1.42 bits per heavy atom. The van der Waals surface area contributed by atoms with Crippen molar-refractivity contribution in [2.24, 2.45) is 5.92 Å². The lowest BCUT2D eigenvalue weighted by Crippen LogP contribution is -2.51. The highest BCUT2D eigenvalue weighted by molar-refractivity contribution is 14.2. The molecule has 0 aromatic carbocycles. The number of carbonyl (C=O) groups is 1. The SMILES string of the molecule is CCOC(=O)C1CCCN(N(c2ncnc3c2ccn3SI)C2CC2)C1. The van der Waals surface area contributed by atoms with Crippen LogP contribution in [0.3, 0.4) is 0 Å². The molecular formula is C17H22IN5O2S. The van der Waals surface area contributed by atoms with E-state index in [1.54, 1.807) is 15.4 Å². The number of rotatable bonds is 6. The molecule has 9 heteroatoms. The second-order valence-electron chi connectivity index (χ2n) is 6.72. The van der Waals surface area contributed by atoms with Crippen molar-refractivity contribution in [1.29, 1.82) is 0 Å². The van der Waals surface area contributed by atoms with Crippen molar-refractivity contribution in [2.45, 2.75) is 38.6 Å². The Balaban J connectivity index is 1.64. The number of hydrogen-bond acceptors (Lipinski definition) is 7. The molecule has 1 atom stereocenters. The molecule has 2 aromatic heterocycles. The Kier molecular flexibility index (Phi) is 5.55. The molecule has 26 heavy (non-hydrogen) atoms. The molecule has 1 aliphatic carbocycles. The first-order chi connectivity index (χ1) is 12.7. The van der Waals surface area contributed by atoms with E-state index < -0.39 is 0 Å². The van der Waals surface area contributed by atoms with Crippen molar-refractivity contribution >= 4 is 53.1 Å². The first-order valence-electron chi connectivity index (χ1n) is 9.04. The van der Waals surface area contributed by atoms with Gasteiger partial charge in [-0.3, -0.25) is 13.8 Å². The number of hydrogen-bond donors (Lipinski definition) is 0. The maximum absolute atomic E-state index is 12.2. The van der Waals surface area contributed by atoms with E-state index in [-0.39, 0.29) is 11.9 Å². The molecule has 140 valence electrons. The maximum atomic E-state index is 12.2. The monoisotopic (exact) mass is 487 g/mol. The minimum atomic E-state index is -0.0757. The van der Waals surface area contributed by atoms with Gasteiger partial charge in [-0.2, -0.15) is 0 Å². The van der Waals surface area contributed by atoms with Crippen molar-refractivity contribution < 1.29 is 9.53 Å². The van der Waals surface area contributed by atoms with Crippen molar-refractivity contribution in [3.05, 3.63) is 18.6 Å². The van der Waals surface area contributed by atoms with E-state index in [9.17, 15) is 4.79 Å². The van der Waals surface area contributed by atoms with Gasteiger partial charge in [0.05, 0.1) is 17.9 Å². The van der Waals surface area contributed by atoms with E-state index in [0.29, 0.717) is 19.2 Å². The summed E-state index contributed by atoms with van der Waals surface area (Å²) in [6, 6.07) is 2.54. The Morgan fingerprint density at radius 3 is 3.00 bits per heavy atom. The molecule has 2 fully saturated rings. The van der Waals surface area contributed by atoms with Gasteiger partial charge in [-0.15, -0.1) is 0 Å². The van der Waals surface area contributed by atoms with E-state index >= 15 is 0 Å². The number of ether oxygens (including phenoxy) is 1. The lowest BCUT2D eigenvalue weighted by molar-refractivity contribution is -0.150. The Hall–Kier alpha value is -1.07. The molecule has 0 N–H and O–H groups in total.